The lowest BCUT2D eigenvalue weighted by molar-refractivity contribution is -0.0331. The van der Waals surface area contributed by atoms with Gasteiger partial charge in [0.25, 0.3) is 0 Å². The molecule has 3 heterocycles. The number of methoxy groups -OCH3 is 1. The number of nitrogens with one attached hydrogen (secondary N) is 1. The summed E-state index contributed by atoms with van der Waals surface area (Å²) in [7, 11) is -2.86. The van der Waals surface area contributed by atoms with Gasteiger partial charge in [0.15, 0.2) is 11.9 Å². The molecule has 14 heteroatoms. The van der Waals surface area contributed by atoms with Crippen LogP contribution in [-0.4, -0.2) is 74.7 Å². The molecule has 0 amide bonds. The van der Waals surface area contributed by atoms with E-state index in [1.165, 1.54) is 29.0 Å². The average molecular weight is 484 g/mol. The Hall–Kier alpha value is -2.33. The Bertz CT molecular complexity index is 1190. The van der Waals surface area contributed by atoms with E-state index >= 15 is 0 Å². The summed E-state index contributed by atoms with van der Waals surface area (Å²) in [4.78, 5) is 12.9. The molecule has 0 unspecified atom stereocenters. The molecule has 4 N–H and O–H groups in total. The van der Waals surface area contributed by atoms with Crippen LogP contribution in [0.25, 0.3) is 11.2 Å². The molecule has 1 aromatic carbocycles. The summed E-state index contributed by atoms with van der Waals surface area (Å²) in [5, 5.41) is 21.3. The summed E-state index contributed by atoms with van der Waals surface area (Å²) in [6, 6.07) is 7.65. The highest BCUT2D eigenvalue weighted by atomic mass is 32.2. The molecule has 0 radical (unpaired) electrons. The highest BCUT2D eigenvalue weighted by Gasteiger charge is 2.44. The number of ether oxygens (including phenoxy) is 2. The van der Waals surface area contributed by atoms with E-state index < -0.39 is 41.4 Å². The molecule has 12 nitrogen and oxygen atoms in total. The van der Waals surface area contributed by atoms with Gasteiger partial charge in [0.2, 0.25) is 0 Å². The predicted molar refractivity (Wildman–Crippen MR) is 113 cm³/mol. The number of hydrogen-bond donors (Lipinski definition) is 4. The molecular formula is C18H21N5O7S2. The van der Waals surface area contributed by atoms with Crippen molar-refractivity contribution in [3.63, 3.8) is 0 Å². The number of thioether (sulfide) groups is 1. The fourth-order valence-corrected chi connectivity index (χ4v) is 4.58. The molecule has 1 aliphatic heterocycles. The summed E-state index contributed by atoms with van der Waals surface area (Å²) in [6.07, 6.45) is -2.12. The van der Waals surface area contributed by atoms with Gasteiger partial charge in [0, 0.05) is 12.3 Å². The number of aliphatic hydroxyl groups is 2. The maximum absolute atomic E-state index is 10.9. The van der Waals surface area contributed by atoms with Crippen LogP contribution in [0.2, 0.25) is 0 Å². The molecule has 0 aliphatic carbocycles. The fraction of sp³-hybridized carbons (Fsp3) is 0.389. The van der Waals surface area contributed by atoms with E-state index in [1.807, 2.05) is 29.0 Å². The largest absolute Gasteiger partial charge is 0.497 e. The van der Waals surface area contributed by atoms with Gasteiger partial charge in [-0.25, -0.2) is 15.0 Å². The van der Waals surface area contributed by atoms with E-state index in [2.05, 4.69) is 15.0 Å². The van der Waals surface area contributed by atoms with Gasteiger partial charge >= 0.3 is 10.3 Å². The first-order chi connectivity index (χ1) is 15.3. The normalized spacial score (nSPS) is 23.6. The molecule has 2 aromatic heterocycles. The lowest BCUT2D eigenvalue weighted by Crippen LogP contribution is -2.39. The molecular weight excluding hydrogens is 462 g/mol. The summed E-state index contributed by atoms with van der Waals surface area (Å²) in [5.41, 5.74) is 1.95. The number of nitrogens with zero attached hydrogens (tertiary/aromatic N) is 4. The van der Waals surface area contributed by atoms with Crippen LogP contribution in [0.15, 0.2) is 41.9 Å². The Morgan fingerprint density at radius 2 is 1.94 bits per heavy atom. The van der Waals surface area contributed by atoms with E-state index in [1.54, 1.807) is 7.11 Å². The van der Waals surface area contributed by atoms with E-state index in [9.17, 15) is 18.6 Å². The second-order valence-corrected chi connectivity index (χ2v) is 9.21. The van der Waals surface area contributed by atoms with Crippen LogP contribution in [-0.2, 0) is 20.8 Å². The van der Waals surface area contributed by atoms with Crippen molar-refractivity contribution in [2.75, 3.05) is 13.7 Å². The minimum absolute atomic E-state index is 0.386. The van der Waals surface area contributed by atoms with Gasteiger partial charge in [-0.1, -0.05) is 23.9 Å². The molecule has 32 heavy (non-hydrogen) atoms. The zero-order chi connectivity index (χ0) is 22.9. The van der Waals surface area contributed by atoms with Gasteiger partial charge in [-0.3, -0.25) is 9.12 Å². The predicted octanol–water partition coefficient (Wildman–Crippen LogP) is 0.139. The van der Waals surface area contributed by atoms with Gasteiger partial charge in [-0.2, -0.15) is 13.1 Å². The molecule has 3 aromatic rings. The minimum atomic E-state index is -4.47. The summed E-state index contributed by atoms with van der Waals surface area (Å²) >= 11 is 1.46. The van der Waals surface area contributed by atoms with Gasteiger partial charge in [-0.15, -0.1) is 0 Å². The summed E-state index contributed by atoms with van der Waals surface area (Å²) < 4.78 is 44.7. The van der Waals surface area contributed by atoms with E-state index in [-0.39, 0.29) is 0 Å². The molecule has 0 spiro atoms. The maximum atomic E-state index is 10.9. The van der Waals surface area contributed by atoms with Gasteiger partial charge in [0.1, 0.15) is 40.9 Å². The van der Waals surface area contributed by atoms with Crippen molar-refractivity contribution in [3.8, 4) is 5.75 Å². The first kappa shape index (κ1) is 22.8. The number of imidazole rings is 1. The zero-order valence-corrected chi connectivity index (χ0v) is 18.4. The minimum Gasteiger partial charge on any atom is -0.497 e. The molecule has 0 saturated carbocycles. The zero-order valence-electron chi connectivity index (χ0n) is 16.8. The van der Waals surface area contributed by atoms with Crippen molar-refractivity contribution in [2.45, 2.75) is 35.3 Å². The highest BCUT2D eigenvalue weighted by Crippen LogP contribution is 2.33. The van der Waals surface area contributed by atoms with Crippen molar-refractivity contribution in [1.82, 2.24) is 24.2 Å². The van der Waals surface area contributed by atoms with Crippen LogP contribution >= 0.6 is 11.8 Å². The topological polar surface area (TPSA) is 169 Å². The third kappa shape index (κ3) is 4.85. The van der Waals surface area contributed by atoms with Crippen LogP contribution < -0.4 is 9.46 Å². The van der Waals surface area contributed by atoms with Gasteiger partial charge in [-0.05, 0) is 17.7 Å². The average Bonchev–Trinajstić information content (AvgIpc) is 3.32. The Kier molecular flexibility index (Phi) is 6.62. The van der Waals surface area contributed by atoms with Gasteiger partial charge in [0.05, 0.1) is 13.4 Å². The monoisotopic (exact) mass is 483 g/mol. The molecule has 1 aliphatic rings. The quantitative estimate of drug-likeness (QED) is 0.195. The third-order valence-electron chi connectivity index (χ3n) is 4.94. The molecule has 1 fully saturated rings. The number of fused-ring (bicyclic) bond motifs is 1. The molecule has 1 saturated heterocycles. The molecule has 172 valence electrons. The molecule has 0 bridgehead atoms. The van der Waals surface area contributed by atoms with Gasteiger partial charge < -0.3 is 19.7 Å². The third-order valence-corrected chi connectivity index (χ3v) is 6.52. The number of aliphatic hydroxyl groups excluding tert-OH is 2. The fourth-order valence-electron chi connectivity index (χ4n) is 3.31. The maximum Gasteiger partial charge on any atom is 0.333 e. The Labute approximate surface area is 187 Å². The van der Waals surface area contributed by atoms with Crippen LogP contribution in [0.1, 0.15) is 11.8 Å². The van der Waals surface area contributed by atoms with Crippen LogP contribution in [0.3, 0.4) is 0 Å². The number of aromatic nitrogens is 4. The molecule has 4 rings (SSSR count). The Balaban J connectivity index is 1.52. The molecule has 4 atom stereocenters. The first-order valence-corrected chi connectivity index (χ1v) is 11.9. The van der Waals surface area contributed by atoms with E-state index in [0.717, 1.165) is 11.3 Å². The van der Waals surface area contributed by atoms with Crippen molar-refractivity contribution >= 4 is 33.2 Å². The van der Waals surface area contributed by atoms with Crippen LogP contribution in [0.5, 0.6) is 5.75 Å². The second kappa shape index (κ2) is 9.27. The summed E-state index contributed by atoms with van der Waals surface area (Å²) in [5.74, 6) is 1.40. The van der Waals surface area contributed by atoms with Crippen molar-refractivity contribution in [2.24, 2.45) is 0 Å². The standard InChI is InChI=1S/C18H21N5O7S2/c1-29-11-4-2-10(3-5-11)7-31-17-13-16(19-8-20-17)23(9-21-13)18-15(25)14(24)12(30-18)6-22-32(26,27)28/h2-5,8-9,12,14-15,18,22,24-25H,6-7H2,1H3,(H,26,27,28)/t12-,14-,15-,18-/m1/s1. The van der Waals surface area contributed by atoms with Crippen LogP contribution in [0.4, 0.5) is 0 Å². The second-order valence-electron chi connectivity index (χ2n) is 7.01. The lowest BCUT2D eigenvalue weighted by Gasteiger charge is -2.16. The smallest absolute Gasteiger partial charge is 0.333 e. The van der Waals surface area contributed by atoms with Crippen molar-refractivity contribution in [1.29, 1.82) is 0 Å². The van der Waals surface area contributed by atoms with E-state index in [0.29, 0.717) is 21.9 Å². The van der Waals surface area contributed by atoms with Crippen molar-refractivity contribution in [3.05, 3.63) is 42.5 Å². The first-order valence-electron chi connectivity index (χ1n) is 9.44. The Morgan fingerprint density at radius 3 is 2.62 bits per heavy atom. The summed E-state index contributed by atoms with van der Waals surface area (Å²) in [6.45, 7) is -0.419. The number of rotatable bonds is 8. The SMILES string of the molecule is COc1ccc(CSc2ncnc3c2ncn3[C@@H]2O[C@H](CNS(=O)(=O)O)[C@@H](O)[C@H]2O)cc1. The van der Waals surface area contributed by atoms with E-state index in [4.69, 9.17) is 14.0 Å². The number of benzene rings is 1. The van der Waals surface area contributed by atoms with Crippen molar-refractivity contribution < 1.29 is 32.7 Å². The Morgan fingerprint density at radius 1 is 1.19 bits per heavy atom. The number of hydrogen-bond acceptors (Lipinski definition) is 10. The highest BCUT2D eigenvalue weighted by molar-refractivity contribution is 7.98. The van der Waals surface area contributed by atoms with Crippen LogP contribution in [0, 0.1) is 0 Å². The lowest BCUT2D eigenvalue weighted by atomic mass is 10.1.